The van der Waals surface area contributed by atoms with Crippen LogP contribution in [-0.4, -0.2) is 12.0 Å². The normalized spacial score (nSPS) is 12.7. The lowest BCUT2D eigenvalue weighted by molar-refractivity contribution is 0.590. The van der Waals surface area contributed by atoms with Crippen molar-refractivity contribution in [2.24, 2.45) is 0 Å². The zero-order valence-electron chi connectivity index (χ0n) is 10.8. The molecule has 1 aromatic heterocycles. The van der Waals surface area contributed by atoms with Gasteiger partial charge in [-0.25, -0.2) is 4.98 Å². The monoisotopic (exact) mass is 280 g/mol. The van der Waals surface area contributed by atoms with Crippen LogP contribution in [0.2, 0.25) is 5.02 Å². The highest BCUT2D eigenvalue weighted by Gasteiger charge is 2.13. The number of aromatic nitrogens is 1. The molecule has 0 saturated heterocycles. The van der Waals surface area contributed by atoms with Crippen LogP contribution in [-0.2, 0) is 6.42 Å². The molecule has 1 atom stereocenters. The SMILES string of the molecule is CNC(Cc1nc(C)c(C)s1)c1cccc(Cl)c1. The molecule has 1 aromatic carbocycles. The van der Waals surface area contributed by atoms with Crippen molar-refractivity contribution in [1.29, 1.82) is 0 Å². The van der Waals surface area contributed by atoms with Crippen LogP contribution in [0.1, 0.15) is 27.2 Å². The van der Waals surface area contributed by atoms with Gasteiger partial charge in [0.15, 0.2) is 0 Å². The van der Waals surface area contributed by atoms with Gasteiger partial charge in [0.1, 0.15) is 0 Å². The highest BCUT2D eigenvalue weighted by molar-refractivity contribution is 7.11. The van der Waals surface area contributed by atoms with Gasteiger partial charge >= 0.3 is 0 Å². The van der Waals surface area contributed by atoms with E-state index in [1.54, 1.807) is 11.3 Å². The Labute approximate surface area is 117 Å². The molecule has 0 spiro atoms. The summed E-state index contributed by atoms with van der Waals surface area (Å²) in [6, 6.07) is 8.25. The topological polar surface area (TPSA) is 24.9 Å². The highest BCUT2D eigenvalue weighted by Crippen LogP contribution is 2.24. The molecule has 4 heteroatoms. The zero-order chi connectivity index (χ0) is 13.1. The second-order valence-electron chi connectivity index (χ2n) is 4.35. The van der Waals surface area contributed by atoms with Gasteiger partial charge < -0.3 is 5.32 Å². The third-order valence-corrected chi connectivity index (χ3v) is 4.38. The number of halogens is 1. The fraction of sp³-hybridized carbons (Fsp3) is 0.357. The van der Waals surface area contributed by atoms with Crippen molar-refractivity contribution >= 4 is 22.9 Å². The number of benzene rings is 1. The number of aryl methyl sites for hydroxylation is 2. The van der Waals surface area contributed by atoms with E-state index in [1.807, 2.05) is 25.2 Å². The van der Waals surface area contributed by atoms with Gasteiger partial charge in [0, 0.05) is 22.4 Å². The molecule has 0 fully saturated rings. The van der Waals surface area contributed by atoms with Crippen LogP contribution in [0.15, 0.2) is 24.3 Å². The average Bonchev–Trinajstić information content (AvgIpc) is 2.65. The molecule has 1 N–H and O–H groups in total. The van der Waals surface area contributed by atoms with E-state index in [-0.39, 0.29) is 6.04 Å². The summed E-state index contributed by atoms with van der Waals surface area (Å²) in [5.74, 6) is 0. The molecule has 0 saturated carbocycles. The van der Waals surface area contributed by atoms with Gasteiger partial charge in [-0.2, -0.15) is 0 Å². The molecule has 0 aliphatic rings. The quantitative estimate of drug-likeness (QED) is 0.918. The molecule has 0 aliphatic carbocycles. The fourth-order valence-electron chi connectivity index (χ4n) is 1.91. The van der Waals surface area contributed by atoms with Crippen molar-refractivity contribution < 1.29 is 0 Å². The predicted molar refractivity (Wildman–Crippen MR) is 78.5 cm³/mol. The van der Waals surface area contributed by atoms with Crippen molar-refractivity contribution in [3.05, 3.63) is 50.4 Å². The summed E-state index contributed by atoms with van der Waals surface area (Å²) in [7, 11) is 1.97. The van der Waals surface area contributed by atoms with Crippen molar-refractivity contribution in [1.82, 2.24) is 10.3 Å². The van der Waals surface area contributed by atoms with E-state index in [4.69, 9.17) is 11.6 Å². The Morgan fingerprint density at radius 1 is 1.39 bits per heavy atom. The van der Waals surface area contributed by atoms with Crippen LogP contribution in [0.25, 0.3) is 0 Å². The number of nitrogens with zero attached hydrogens (tertiary/aromatic N) is 1. The summed E-state index contributed by atoms with van der Waals surface area (Å²) in [6.07, 6.45) is 0.899. The Bertz CT molecular complexity index is 517. The zero-order valence-corrected chi connectivity index (χ0v) is 12.4. The van der Waals surface area contributed by atoms with Gasteiger partial charge in [-0.3, -0.25) is 0 Å². The molecule has 0 bridgehead atoms. The summed E-state index contributed by atoms with van der Waals surface area (Å²) in [6.45, 7) is 4.17. The number of rotatable bonds is 4. The molecule has 18 heavy (non-hydrogen) atoms. The molecular weight excluding hydrogens is 264 g/mol. The van der Waals surface area contributed by atoms with Gasteiger partial charge in [-0.15, -0.1) is 11.3 Å². The van der Waals surface area contributed by atoms with Crippen LogP contribution in [0.4, 0.5) is 0 Å². The van der Waals surface area contributed by atoms with Gasteiger partial charge in [-0.1, -0.05) is 23.7 Å². The molecule has 0 radical (unpaired) electrons. The summed E-state index contributed by atoms with van der Waals surface area (Å²) in [4.78, 5) is 5.89. The van der Waals surface area contributed by atoms with Crippen molar-refractivity contribution in [3.8, 4) is 0 Å². The molecule has 2 rings (SSSR count). The Balaban J connectivity index is 2.19. The first-order valence-electron chi connectivity index (χ1n) is 5.95. The Morgan fingerprint density at radius 3 is 2.72 bits per heavy atom. The Hall–Kier alpha value is -0.900. The summed E-state index contributed by atoms with van der Waals surface area (Å²) in [5.41, 5.74) is 2.34. The van der Waals surface area contributed by atoms with Crippen LogP contribution in [0.3, 0.4) is 0 Å². The second kappa shape index (κ2) is 5.83. The molecule has 2 aromatic rings. The standard InChI is InChI=1S/C14H17ClN2S/c1-9-10(2)18-14(17-9)8-13(16-3)11-5-4-6-12(15)7-11/h4-7,13,16H,8H2,1-3H3. The number of nitrogens with one attached hydrogen (secondary N) is 1. The van der Waals surface area contributed by atoms with E-state index >= 15 is 0 Å². The number of thiazole rings is 1. The fourth-order valence-corrected chi connectivity index (χ4v) is 3.09. The maximum absolute atomic E-state index is 6.04. The van der Waals surface area contributed by atoms with Gasteiger partial charge in [0.2, 0.25) is 0 Å². The average molecular weight is 281 g/mol. The third kappa shape index (κ3) is 3.10. The second-order valence-corrected chi connectivity index (χ2v) is 6.07. The largest absolute Gasteiger partial charge is 0.313 e. The van der Waals surface area contributed by atoms with Crippen molar-refractivity contribution in [3.63, 3.8) is 0 Å². The van der Waals surface area contributed by atoms with E-state index in [2.05, 4.69) is 30.2 Å². The Morgan fingerprint density at radius 2 is 2.17 bits per heavy atom. The molecule has 96 valence electrons. The maximum atomic E-state index is 6.04. The van der Waals surface area contributed by atoms with E-state index in [0.29, 0.717) is 0 Å². The minimum Gasteiger partial charge on any atom is -0.313 e. The van der Waals surface area contributed by atoms with Gasteiger partial charge in [-0.05, 0) is 38.6 Å². The summed E-state index contributed by atoms with van der Waals surface area (Å²) < 4.78 is 0. The summed E-state index contributed by atoms with van der Waals surface area (Å²) in [5, 5.41) is 5.28. The lowest BCUT2D eigenvalue weighted by atomic mass is 10.0. The van der Waals surface area contributed by atoms with Gasteiger partial charge in [0.25, 0.3) is 0 Å². The van der Waals surface area contributed by atoms with E-state index in [1.165, 1.54) is 15.4 Å². The maximum Gasteiger partial charge on any atom is 0.0949 e. The van der Waals surface area contributed by atoms with Crippen molar-refractivity contribution in [2.45, 2.75) is 26.3 Å². The first-order chi connectivity index (χ1) is 8.60. The third-order valence-electron chi connectivity index (χ3n) is 3.05. The highest BCUT2D eigenvalue weighted by atomic mass is 35.5. The number of likely N-dealkylation sites (N-methyl/N-ethyl adjacent to an activating group) is 1. The number of hydrogen-bond acceptors (Lipinski definition) is 3. The molecule has 0 aliphatic heterocycles. The molecule has 2 nitrogen and oxygen atoms in total. The van der Waals surface area contributed by atoms with Crippen LogP contribution in [0, 0.1) is 13.8 Å². The summed E-state index contributed by atoms with van der Waals surface area (Å²) >= 11 is 7.81. The number of hydrogen-bond donors (Lipinski definition) is 1. The van der Waals surface area contributed by atoms with Crippen LogP contribution in [0.5, 0.6) is 0 Å². The lowest BCUT2D eigenvalue weighted by Gasteiger charge is -2.15. The lowest BCUT2D eigenvalue weighted by Crippen LogP contribution is -2.18. The van der Waals surface area contributed by atoms with E-state index in [9.17, 15) is 0 Å². The van der Waals surface area contributed by atoms with Crippen LogP contribution < -0.4 is 5.32 Å². The molecule has 1 unspecified atom stereocenters. The van der Waals surface area contributed by atoms with E-state index in [0.717, 1.165) is 17.1 Å². The molecular formula is C14H17ClN2S. The smallest absolute Gasteiger partial charge is 0.0949 e. The van der Waals surface area contributed by atoms with E-state index < -0.39 is 0 Å². The first-order valence-corrected chi connectivity index (χ1v) is 7.15. The molecule has 0 amide bonds. The minimum atomic E-state index is 0.258. The minimum absolute atomic E-state index is 0.258. The first kappa shape index (κ1) is 13.5. The molecule has 1 heterocycles. The van der Waals surface area contributed by atoms with Crippen molar-refractivity contribution in [2.75, 3.05) is 7.05 Å². The predicted octanol–water partition coefficient (Wildman–Crippen LogP) is 3.92. The van der Waals surface area contributed by atoms with Crippen LogP contribution >= 0.6 is 22.9 Å². The Kier molecular flexibility index (Phi) is 4.38. The van der Waals surface area contributed by atoms with Gasteiger partial charge in [0.05, 0.1) is 10.7 Å².